The Balaban J connectivity index is 1.19. The number of likely N-dealkylation sites (tertiary alicyclic amines) is 1. The number of halogens is 3. The molecule has 3 N–H and O–H groups in total. The number of alkyl halides is 3. The Morgan fingerprint density at radius 1 is 1.20 bits per heavy atom. The number of aryl methyl sites for hydroxylation is 1. The van der Waals surface area contributed by atoms with Crippen LogP contribution in [0.3, 0.4) is 0 Å². The second-order valence-corrected chi connectivity index (χ2v) is 10.4. The third kappa shape index (κ3) is 5.33. The summed E-state index contributed by atoms with van der Waals surface area (Å²) in [6, 6.07) is 8.67. The molecule has 3 heterocycles. The molecule has 6 rings (SSSR count). The molecule has 0 radical (unpaired) electrons. The fraction of sp³-hybridized carbons (Fsp3) is 0.407. The van der Waals surface area contributed by atoms with Crippen LogP contribution in [0.1, 0.15) is 41.1 Å². The number of H-pyrrole nitrogens is 1. The Morgan fingerprint density at radius 2 is 2.02 bits per heavy atom. The Hall–Kier alpha value is -4.13. The van der Waals surface area contributed by atoms with Crippen LogP contribution in [-0.4, -0.2) is 74.7 Å². The van der Waals surface area contributed by atoms with E-state index in [9.17, 15) is 18.0 Å². The highest BCUT2D eigenvalue weighted by atomic mass is 19.4. The average molecular weight is 555 g/mol. The number of benzene rings is 2. The lowest BCUT2D eigenvalue weighted by Crippen LogP contribution is -2.39. The monoisotopic (exact) mass is 554 g/mol. The molecule has 210 valence electrons. The van der Waals surface area contributed by atoms with Crippen molar-refractivity contribution >= 4 is 28.4 Å². The molecule has 2 aliphatic rings. The van der Waals surface area contributed by atoms with E-state index in [1.165, 1.54) is 17.6 Å². The highest BCUT2D eigenvalue weighted by molar-refractivity contribution is 5.97. The van der Waals surface area contributed by atoms with Crippen molar-refractivity contribution < 1.29 is 22.7 Å². The summed E-state index contributed by atoms with van der Waals surface area (Å²) in [5.41, 5.74) is 4.12. The maximum atomic E-state index is 13.0. The molecule has 4 aromatic rings. The molecule has 1 aliphatic carbocycles. The van der Waals surface area contributed by atoms with Crippen LogP contribution in [0.15, 0.2) is 36.5 Å². The zero-order valence-corrected chi connectivity index (χ0v) is 22.0. The first-order valence-corrected chi connectivity index (χ1v) is 13.1. The standard InChI is InChI=1S/C27H29F3N8O2/c1-37-26(33-21-8-7-20-19(12-31-35-20)23(21)15-3-4-15)34-24(36-37)16-5-6-18(22(11-16)40-2)25(39)32-17-9-10-38(13-17)14-27(28,29)30/h5-8,11-12,15,17H,3-4,9-10,13-14H2,1-2H3,(H,31,35)(H,32,39)(H,33,34,36). The zero-order valence-electron chi connectivity index (χ0n) is 22.0. The predicted octanol–water partition coefficient (Wildman–Crippen LogP) is 4.35. The van der Waals surface area contributed by atoms with Crippen LogP contribution < -0.4 is 15.4 Å². The normalized spacial score (nSPS) is 17.9. The van der Waals surface area contributed by atoms with Crippen molar-refractivity contribution in [3.8, 4) is 17.1 Å². The topological polar surface area (TPSA) is 113 Å². The van der Waals surface area contributed by atoms with Crippen LogP contribution in [-0.2, 0) is 7.05 Å². The molecular weight excluding hydrogens is 525 g/mol. The third-order valence-corrected chi connectivity index (χ3v) is 7.38. The minimum atomic E-state index is -4.26. The van der Waals surface area contributed by atoms with Crippen LogP contribution in [0.2, 0.25) is 0 Å². The van der Waals surface area contributed by atoms with Gasteiger partial charge in [-0.2, -0.15) is 23.3 Å². The fourth-order valence-corrected chi connectivity index (χ4v) is 5.32. The molecule has 1 aliphatic heterocycles. The van der Waals surface area contributed by atoms with Gasteiger partial charge in [0.2, 0.25) is 5.95 Å². The van der Waals surface area contributed by atoms with E-state index in [0.717, 1.165) is 29.4 Å². The van der Waals surface area contributed by atoms with Crippen molar-refractivity contribution in [2.75, 3.05) is 32.1 Å². The molecule has 2 fully saturated rings. The molecule has 1 unspecified atom stereocenters. The highest BCUT2D eigenvalue weighted by Crippen LogP contribution is 2.47. The number of amides is 1. The van der Waals surface area contributed by atoms with Crippen LogP contribution >= 0.6 is 0 Å². The van der Waals surface area contributed by atoms with Crippen LogP contribution in [0, 0.1) is 0 Å². The molecule has 1 saturated heterocycles. The van der Waals surface area contributed by atoms with E-state index in [4.69, 9.17) is 9.72 Å². The lowest BCUT2D eigenvalue weighted by molar-refractivity contribution is -0.143. The predicted molar refractivity (Wildman–Crippen MR) is 143 cm³/mol. The van der Waals surface area contributed by atoms with E-state index >= 15 is 0 Å². The van der Waals surface area contributed by atoms with Gasteiger partial charge in [0.1, 0.15) is 5.75 Å². The first-order valence-electron chi connectivity index (χ1n) is 13.1. The largest absolute Gasteiger partial charge is 0.496 e. The molecule has 0 bridgehead atoms. The summed E-state index contributed by atoms with van der Waals surface area (Å²) >= 11 is 0. The lowest BCUT2D eigenvalue weighted by atomic mass is 10.0. The van der Waals surface area contributed by atoms with Gasteiger partial charge in [0.25, 0.3) is 5.91 Å². The molecule has 2 aromatic carbocycles. The molecule has 13 heteroatoms. The highest BCUT2D eigenvalue weighted by Gasteiger charge is 2.35. The average Bonchev–Trinajstić information content (AvgIpc) is 3.28. The summed E-state index contributed by atoms with van der Waals surface area (Å²) in [6.45, 7) is -0.555. The number of hydrogen-bond acceptors (Lipinski definition) is 7. The second-order valence-electron chi connectivity index (χ2n) is 10.4. The first-order chi connectivity index (χ1) is 19.2. The maximum Gasteiger partial charge on any atom is 0.401 e. The van der Waals surface area contributed by atoms with Gasteiger partial charge in [0, 0.05) is 42.8 Å². The summed E-state index contributed by atoms with van der Waals surface area (Å²) in [7, 11) is 3.26. The molecule has 1 atom stereocenters. The van der Waals surface area contributed by atoms with Crippen molar-refractivity contribution in [3.63, 3.8) is 0 Å². The van der Waals surface area contributed by atoms with Gasteiger partial charge in [-0.3, -0.25) is 14.8 Å². The van der Waals surface area contributed by atoms with Crippen molar-refractivity contribution in [1.29, 1.82) is 0 Å². The van der Waals surface area contributed by atoms with Gasteiger partial charge in [0.05, 0.1) is 30.9 Å². The van der Waals surface area contributed by atoms with Crippen molar-refractivity contribution in [1.82, 2.24) is 35.2 Å². The Labute approximate surface area is 227 Å². The van der Waals surface area contributed by atoms with Gasteiger partial charge in [0.15, 0.2) is 5.82 Å². The number of aromatic amines is 1. The Morgan fingerprint density at radius 3 is 2.77 bits per heavy atom. The Bertz CT molecular complexity index is 1560. The number of hydrogen-bond donors (Lipinski definition) is 3. The smallest absolute Gasteiger partial charge is 0.401 e. The van der Waals surface area contributed by atoms with Crippen molar-refractivity contribution in [2.24, 2.45) is 7.05 Å². The van der Waals surface area contributed by atoms with E-state index in [1.54, 1.807) is 29.9 Å². The van der Waals surface area contributed by atoms with Gasteiger partial charge in [-0.15, -0.1) is 5.10 Å². The quantitative estimate of drug-likeness (QED) is 0.297. The van der Waals surface area contributed by atoms with Crippen LogP contribution in [0.4, 0.5) is 24.8 Å². The minimum absolute atomic E-state index is 0.148. The summed E-state index contributed by atoms with van der Waals surface area (Å²) < 4.78 is 45.3. The van der Waals surface area contributed by atoms with E-state index in [-0.39, 0.29) is 24.7 Å². The lowest BCUT2D eigenvalue weighted by Gasteiger charge is -2.18. The molecule has 2 aromatic heterocycles. The number of ether oxygens (including phenoxy) is 1. The number of nitrogens with one attached hydrogen (secondary N) is 3. The van der Waals surface area contributed by atoms with E-state index in [1.807, 2.05) is 18.3 Å². The number of methoxy groups -OCH3 is 1. The maximum absolute atomic E-state index is 13.0. The number of fused-ring (bicyclic) bond motifs is 1. The number of anilines is 2. The molecule has 1 amide bonds. The van der Waals surface area contributed by atoms with Gasteiger partial charge in [-0.05, 0) is 55.0 Å². The van der Waals surface area contributed by atoms with Gasteiger partial charge in [-0.1, -0.05) is 6.07 Å². The number of carbonyl (C=O) groups excluding carboxylic acids is 1. The zero-order chi connectivity index (χ0) is 28.0. The molecule has 10 nitrogen and oxygen atoms in total. The number of aromatic nitrogens is 5. The van der Waals surface area contributed by atoms with Gasteiger partial charge in [-0.25, -0.2) is 4.68 Å². The summed E-state index contributed by atoms with van der Waals surface area (Å²) in [5, 5.41) is 19.1. The van der Waals surface area contributed by atoms with Crippen LogP contribution in [0.25, 0.3) is 22.3 Å². The molecule has 0 spiro atoms. The van der Waals surface area contributed by atoms with E-state index in [0.29, 0.717) is 35.4 Å². The summed E-state index contributed by atoms with van der Waals surface area (Å²) in [5.74, 6) is 1.41. The first kappa shape index (κ1) is 26.1. The third-order valence-electron chi connectivity index (χ3n) is 7.38. The van der Waals surface area contributed by atoms with Crippen molar-refractivity contribution in [3.05, 3.63) is 47.7 Å². The molecular formula is C27H29F3N8O2. The van der Waals surface area contributed by atoms with E-state index in [2.05, 4.69) is 25.9 Å². The van der Waals surface area contributed by atoms with Crippen molar-refractivity contribution in [2.45, 2.75) is 37.4 Å². The summed E-state index contributed by atoms with van der Waals surface area (Å²) in [6.07, 6.45) is 0.307. The number of rotatable bonds is 8. The number of nitrogens with zero attached hydrogens (tertiary/aromatic N) is 5. The van der Waals surface area contributed by atoms with Crippen LogP contribution in [0.5, 0.6) is 5.75 Å². The molecule has 40 heavy (non-hydrogen) atoms. The Kier molecular flexibility index (Phi) is 6.61. The number of carbonyl (C=O) groups is 1. The van der Waals surface area contributed by atoms with Gasteiger partial charge >= 0.3 is 6.18 Å². The molecule has 1 saturated carbocycles. The minimum Gasteiger partial charge on any atom is -0.496 e. The summed E-state index contributed by atoms with van der Waals surface area (Å²) in [4.78, 5) is 19.0. The second kappa shape index (κ2) is 10.1. The van der Waals surface area contributed by atoms with E-state index < -0.39 is 18.6 Å². The van der Waals surface area contributed by atoms with Gasteiger partial charge < -0.3 is 15.4 Å². The SMILES string of the molecule is COc1cc(-c2nc(Nc3ccc4[nH]ncc4c3C3CC3)n(C)n2)ccc1C(=O)NC1CCN(CC(F)(F)F)C1. The fourth-order valence-electron chi connectivity index (χ4n) is 5.32.